The van der Waals surface area contributed by atoms with Gasteiger partial charge in [-0.3, -0.25) is 0 Å². The predicted molar refractivity (Wildman–Crippen MR) is 69.7 cm³/mol. The Morgan fingerprint density at radius 1 is 1.31 bits per heavy atom. The van der Waals surface area contributed by atoms with Gasteiger partial charge >= 0.3 is 0 Å². The molecule has 0 bridgehead atoms. The van der Waals surface area contributed by atoms with Crippen molar-refractivity contribution in [3.63, 3.8) is 0 Å². The molecule has 1 N–H and O–H groups in total. The lowest BCUT2D eigenvalue weighted by atomic mass is 9.95. The highest BCUT2D eigenvalue weighted by Crippen LogP contribution is 2.17. The zero-order chi connectivity index (χ0) is 12.0. The zero-order valence-corrected chi connectivity index (χ0v) is 10.8. The molecule has 0 fully saturated rings. The molecule has 1 aromatic rings. The summed E-state index contributed by atoms with van der Waals surface area (Å²) in [5.41, 5.74) is 4.19. The second-order valence-corrected chi connectivity index (χ2v) is 4.81. The van der Waals surface area contributed by atoms with E-state index in [-0.39, 0.29) is 6.61 Å². The van der Waals surface area contributed by atoms with Crippen LogP contribution in [0.15, 0.2) is 18.2 Å². The molecule has 16 heavy (non-hydrogen) atoms. The summed E-state index contributed by atoms with van der Waals surface area (Å²) in [7, 11) is 0. The first-order valence-corrected chi connectivity index (χ1v) is 6.36. The fraction of sp³-hybridized carbons (Fsp3) is 0.600. The smallest absolute Gasteiger partial charge is 0.0434 e. The molecule has 0 saturated carbocycles. The molecule has 1 heteroatoms. The van der Waals surface area contributed by atoms with Gasteiger partial charge in [0, 0.05) is 6.61 Å². The number of aryl methyl sites for hydroxylation is 2. The minimum absolute atomic E-state index is 0.286. The SMILES string of the molecule is CCC(C)Cc1ccc(CCCO)c(C)c1. The van der Waals surface area contributed by atoms with Crippen molar-refractivity contribution in [2.75, 3.05) is 6.61 Å². The van der Waals surface area contributed by atoms with Crippen LogP contribution in [0.1, 0.15) is 43.4 Å². The first-order valence-electron chi connectivity index (χ1n) is 6.36. The molecule has 0 aromatic heterocycles. The Morgan fingerprint density at radius 3 is 2.62 bits per heavy atom. The van der Waals surface area contributed by atoms with E-state index in [1.54, 1.807) is 0 Å². The number of hydrogen-bond acceptors (Lipinski definition) is 1. The van der Waals surface area contributed by atoms with Crippen LogP contribution in [0, 0.1) is 12.8 Å². The van der Waals surface area contributed by atoms with Crippen molar-refractivity contribution in [3.05, 3.63) is 34.9 Å². The average Bonchev–Trinajstić information content (AvgIpc) is 2.28. The van der Waals surface area contributed by atoms with E-state index in [1.165, 1.54) is 29.5 Å². The maximum Gasteiger partial charge on any atom is 0.0434 e. The van der Waals surface area contributed by atoms with Crippen LogP contribution < -0.4 is 0 Å². The van der Waals surface area contributed by atoms with Crippen molar-refractivity contribution in [3.8, 4) is 0 Å². The molecule has 90 valence electrons. The summed E-state index contributed by atoms with van der Waals surface area (Å²) in [5.74, 6) is 0.766. The number of aliphatic hydroxyl groups is 1. The summed E-state index contributed by atoms with van der Waals surface area (Å²) < 4.78 is 0. The van der Waals surface area contributed by atoms with E-state index in [9.17, 15) is 0 Å². The fourth-order valence-electron chi connectivity index (χ4n) is 1.98. The van der Waals surface area contributed by atoms with Crippen molar-refractivity contribution in [1.82, 2.24) is 0 Å². The van der Waals surface area contributed by atoms with Gasteiger partial charge in [0.2, 0.25) is 0 Å². The van der Waals surface area contributed by atoms with Gasteiger partial charge in [-0.05, 0) is 48.8 Å². The highest BCUT2D eigenvalue weighted by Gasteiger charge is 2.03. The maximum atomic E-state index is 8.82. The normalized spacial score (nSPS) is 12.8. The van der Waals surface area contributed by atoms with Gasteiger partial charge in [-0.25, -0.2) is 0 Å². The second-order valence-electron chi connectivity index (χ2n) is 4.81. The molecule has 1 nitrogen and oxygen atoms in total. The molecule has 1 atom stereocenters. The highest BCUT2D eigenvalue weighted by molar-refractivity contribution is 5.31. The second kappa shape index (κ2) is 6.70. The first-order chi connectivity index (χ1) is 7.67. The van der Waals surface area contributed by atoms with Crippen molar-refractivity contribution in [2.24, 2.45) is 5.92 Å². The molecule has 0 amide bonds. The van der Waals surface area contributed by atoms with E-state index < -0.39 is 0 Å². The number of benzene rings is 1. The third-order valence-electron chi connectivity index (χ3n) is 3.29. The topological polar surface area (TPSA) is 20.2 Å². The maximum absolute atomic E-state index is 8.82. The summed E-state index contributed by atoms with van der Waals surface area (Å²) in [5, 5.41) is 8.82. The quantitative estimate of drug-likeness (QED) is 0.778. The van der Waals surface area contributed by atoms with Crippen molar-refractivity contribution < 1.29 is 5.11 Å². The molecule has 1 aromatic carbocycles. The monoisotopic (exact) mass is 220 g/mol. The third kappa shape index (κ3) is 3.97. The van der Waals surface area contributed by atoms with Crippen LogP contribution in [-0.4, -0.2) is 11.7 Å². The fourth-order valence-corrected chi connectivity index (χ4v) is 1.98. The Morgan fingerprint density at radius 2 is 2.06 bits per heavy atom. The van der Waals surface area contributed by atoms with E-state index in [1.807, 2.05) is 0 Å². The summed E-state index contributed by atoms with van der Waals surface area (Å²) in [4.78, 5) is 0. The third-order valence-corrected chi connectivity index (χ3v) is 3.29. The molecule has 1 rings (SSSR count). The van der Waals surface area contributed by atoms with Crippen LogP contribution in [0.5, 0.6) is 0 Å². The Kier molecular flexibility index (Phi) is 5.54. The van der Waals surface area contributed by atoms with Crippen LogP contribution in [0.4, 0.5) is 0 Å². The molecule has 0 radical (unpaired) electrons. The molecular formula is C15H24O. The lowest BCUT2D eigenvalue weighted by molar-refractivity contribution is 0.288. The van der Waals surface area contributed by atoms with Crippen LogP contribution in [0.25, 0.3) is 0 Å². The van der Waals surface area contributed by atoms with E-state index in [4.69, 9.17) is 5.11 Å². The summed E-state index contributed by atoms with van der Waals surface area (Å²) >= 11 is 0. The largest absolute Gasteiger partial charge is 0.396 e. The van der Waals surface area contributed by atoms with Gasteiger partial charge in [-0.1, -0.05) is 38.5 Å². The van der Waals surface area contributed by atoms with Gasteiger partial charge in [0.15, 0.2) is 0 Å². The van der Waals surface area contributed by atoms with Crippen LogP contribution >= 0.6 is 0 Å². The van der Waals surface area contributed by atoms with Gasteiger partial charge in [0.1, 0.15) is 0 Å². The van der Waals surface area contributed by atoms with E-state index in [2.05, 4.69) is 39.0 Å². The summed E-state index contributed by atoms with van der Waals surface area (Å²) in [6.45, 7) is 7.00. The zero-order valence-electron chi connectivity index (χ0n) is 10.8. The lowest BCUT2D eigenvalue weighted by Crippen LogP contribution is -2.00. The average molecular weight is 220 g/mol. The van der Waals surface area contributed by atoms with Crippen LogP contribution in [0.2, 0.25) is 0 Å². The Bertz CT molecular complexity index is 317. The molecule has 0 aliphatic heterocycles. The summed E-state index contributed by atoms with van der Waals surface area (Å²) in [6.07, 6.45) is 4.28. The summed E-state index contributed by atoms with van der Waals surface area (Å²) in [6, 6.07) is 6.77. The molecule has 0 heterocycles. The standard InChI is InChI=1S/C15H24O/c1-4-12(2)10-14-7-8-15(6-5-9-16)13(3)11-14/h7-8,11-12,16H,4-6,9-10H2,1-3H3. The van der Waals surface area contributed by atoms with E-state index in [0.717, 1.165) is 18.8 Å². The van der Waals surface area contributed by atoms with E-state index in [0.29, 0.717) is 0 Å². The first kappa shape index (κ1) is 13.2. The minimum Gasteiger partial charge on any atom is -0.396 e. The Labute approximate surface area is 99.5 Å². The van der Waals surface area contributed by atoms with E-state index >= 15 is 0 Å². The van der Waals surface area contributed by atoms with Crippen molar-refractivity contribution in [2.45, 2.75) is 46.5 Å². The lowest BCUT2D eigenvalue weighted by Gasteiger charge is -2.11. The van der Waals surface area contributed by atoms with Gasteiger partial charge in [-0.2, -0.15) is 0 Å². The van der Waals surface area contributed by atoms with Crippen LogP contribution in [-0.2, 0) is 12.8 Å². The van der Waals surface area contributed by atoms with Gasteiger partial charge in [0.25, 0.3) is 0 Å². The Balaban J connectivity index is 2.66. The van der Waals surface area contributed by atoms with Gasteiger partial charge in [0.05, 0.1) is 0 Å². The molecule has 0 spiro atoms. The van der Waals surface area contributed by atoms with Gasteiger partial charge < -0.3 is 5.11 Å². The van der Waals surface area contributed by atoms with Gasteiger partial charge in [-0.15, -0.1) is 0 Å². The molecule has 0 aliphatic rings. The van der Waals surface area contributed by atoms with Crippen LogP contribution in [0.3, 0.4) is 0 Å². The number of hydrogen-bond donors (Lipinski definition) is 1. The molecule has 0 aliphatic carbocycles. The number of aliphatic hydroxyl groups excluding tert-OH is 1. The molecule has 1 unspecified atom stereocenters. The number of rotatable bonds is 6. The van der Waals surface area contributed by atoms with Crippen molar-refractivity contribution >= 4 is 0 Å². The Hall–Kier alpha value is -0.820. The minimum atomic E-state index is 0.286. The highest BCUT2D eigenvalue weighted by atomic mass is 16.2. The molecular weight excluding hydrogens is 196 g/mol. The predicted octanol–water partition coefficient (Wildman–Crippen LogP) is 3.51. The van der Waals surface area contributed by atoms with Crippen molar-refractivity contribution in [1.29, 1.82) is 0 Å². The molecule has 0 saturated heterocycles.